The molecule has 0 amide bonds. The minimum Gasteiger partial charge on any atom is -0.493 e. The highest BCUT2D eigenvalue weighted by atomic mass is 19.1. The summed E-state index contributed by atoms with van der Waals surface area (Å²) >= 11 is 0. The van der Waals surface area contributed by atoms with Gasteiger partial charge in [0.05, 0.1) is 6.61 Å². The van der Waals surface area contributed by atoms with Gasteiger partial charge in [-0.1, -0.05) is 25.1 Å². The van der Waals surface area contributed by atoms with Crippen LogP contribution in [0.2, 0.25) is 0 Å². The predicted molar refractivity (Wildman–Crippen MR) is 71.5 cm³/mol. The topological polar surface area (TPSA) is 9.23 Å². The van der Waals surface area contributed by atoms with Crippen molar-refractivity contribution >= 4 is 0 Å². The smallest absolute Gasteiger partial charge is 0.126 e. The van der Waals surface area contributed by atoms with Crippen LogP contribution in [0.5, 0.6) is 5.75 Å². The van der Waals surface area contributed by atoms with Gasteiger partial charge in [0.1, 0.15) is 17.4 Å². The standard InChI is InChI=1S/C16H16F2O/c1-3-19-16-10-14(18)8-9-15(16)11(2)12-4-6-13(17)7-5-12/h4-11H,3H2,1-2H3. The highest BCUT2D eigenvalue weighted by molar-refractivity contribution is 5.42. The van der Waals surface area contributed by atoms with E-state index in [0.717, 1.165) is 11.1 Å². The van der Waals surface area contributed by atoms with E-state index < -0.39 is 0 Å². The van der Waals surface area contributed by atoms with Gasteiger partial charge >= 0.3 is 0 Å². The maximum atomic E-state index is 13.3. The molecule has 2 aromatic rings. The number of rotatable bonds is 4. The maximum absolute atomic E-state index is 13.3. The van der Waals surface area contributed by atoms with E-state index in [1.54, 1.807) is 18.2 Å². The Bertz CT molecular complexity index is 549. The lowest BCUT2D eigenvalue weighted by Gasteiger charge is -2.17. The lowest BCUT2D eigenvalue weighted by Crippen LogP contribution is -2.02. The fraction of sp³-hybridized carbons (Fsp3) is 0.250. The molecule has 1 atom stereocenters. The molecule has 0 N–H and O–H groups in total. The molecular formula is C16H16F2O. The van der Waals surface area contributed by atoms with Crippen molar-refractivity contribution in [2.45, 2.75) is 19.8 Å². The van der Waals surface area contributed by atoms with Crippen LogP contribution >= 0.6 is 0 Å². The van der Waals surface area contributed by atoms with Gasteiger partial charge in [0.15, 0.2) is 0 Å². The fourth-order valence-electron chi connectivity index (χ4n) is 2.08. The summed E-state index contributed by atoms with van der Waals surface area (Å²) in [5, 5.41) is 0. The van der Waals surface area contributed by atoms with Crippen LogP contribution in [0.15, 0.2) is 42.5 Å². The molecule has 1 unspecified atom stereocenters. The zero-order chi connectivity index (χ0) is 13.8. The number of hydrogen-bond donors (Lipinski definition) is 0. The maximum Gasteiger partial charge on any atom is 0.126 e. The van der Waals surface area contributed by atoms with Crippen LogP contribution in [0.1, 0.15) is 30.9 Å². The molecule has 0 saturated carbocycles. The first-order valence-electron chi connectivity index (χ1n) is 6.29. The van der Waals surface area contributed by atoms with Crippen LogP contribution < -0.4 is 4.74 Å². The van der Waals surface area contributed by atoms with Crippen molar-refractivity contribution in [1.29, 1.82) is 0 Å². The van der Waals surface area contributed by atoms with Gasteiger partial charge in [0.2, 0.25) is 0 Å². The molecule has 0 bridgehead atoms. The third-order valence-corrected chi connectivity index (χ3v) is 3.11. The summed E-state index contributed by atoms with van der Waals surface area (Å²) in [6.07, 6.45) is 0. The first-order chi connectivity index (χ1) is 9.11. The third kappa shape index (κ3) is 3.11. The zero-order valence-electron chi connectivity index (χ0n) is 11.0. The van der Waals surface area contributed by atoms with Crippen molar-refractivity contribution in [3.63, 3.8) is 0 Å². The first-order valence-corrected chi connectivity index (χ1v) is 6.29. The Morgan fingerprint density at radius 2 is 1.63 bits per heavy atom. The van der Waals surface area contributed by atoms with Crippen LogP contribution in [0, 0.1) is 11.6 Å². The summed E-state index contributed by atoms with van der Waals surface area (Å²) in [5.74, 6) is -0.0272. The normalized spacial score (nSPS) is 12.2. The van der Waals surface area contributed by atoms with Crippen LogP contribution in [0.25, 0.3) is 0 Å². The SMILES string of the molecule is CCOc1cc(F)ccc1C(C)c1ccc(F)cc1. The summed E-state index contributed by atoms with van der Waals surface area (Å²) in [4.78, 5) is 0. The van der Waals surface area contributed by atoms with E-state index in [0.29, 0.717) is 12.4 Å². The van der Waals surface area contributed by atoms with E-state index in [1.165, 1.54) is 24.3 Å². The lowest BCUT2D eigenvalue weighted by molar-refractivity contribution is 0.333. The van der Waals surface area contributed by atoms with Gasteiger partial charge in [-0.15, -0.1) is 0 Å². The molecule has 0 aliphatic carbocycles. The Morgan fingerprint density at radius 1 is 1.00 bits per heavy atom. The van der Waals surface area contributed by atoms with Crippen molar-refractivity contribution in [2.75, 3.05) is 6.61 Å². The highest BCUT2D eigenvalue weighted by Gasteiger charge is 2.14. The average molecular weight is 262 g/mol. The number of benzene rings is 2. The number of halogens is 2. The third-order valence-electron chi connectivity index (χ3n) is 3.11. The molecule has 2 aromatic carbocycles. The Kier molecular flexibility index (Phi) is 4.15. The molecule has 0 saturated heterocycles. The van der Waals surface area contributed by atoms with Gasteiger partial charge in [0, 0.05) is 17.5 Å². The molecule has 19 heavy (non-hydrogen) atoms. The summed E-state index contributed by atoms with van der Waals surface area (Å²) in [6.45, 7) is 4.33. The minimum absolute atomic E-state index is 0.0164. The molecule has 0 radical (unpaired) electrons. The fourth-order valence-corrected chi connectivity index (χ4v) is 2.08. The molecule has 0 aliphatic rings. The zero-order valence-corrected chi connectivity index (χ0v) is 11.0. The monoisotopic (exact) mass is 262 g/mol. The molecule has 0 aliphatic heterocycles. The van der Waals surface area contributed by atoms with E-state index >= 15 is 0 Å². The predicted octanol–water partition coefficient (Wildman–Crippen LogP) is 4.52. The number of hydrogen-bond acceptors (Lipinski definition) is 1. The summed E-state index contributed by atoms with van der Waals surface area (Å²) < 4.78 is 31.7. The van der Waals surface area contributed by atoms with Crippen molar-refractivity contribution in [3.8, 4) is 5.75 Å². The summed E-state index contributed by atoms with van der Waals surface area (Å²) in [5.41, 5.74) is 1.86. The second-order valence-electron chi connectivity index (χ2n) is 4.39. The second-order valence-corrected chi connectivity index (χ2v) is 4.39. The molecule has 0 aromatic heterocycles. The van der Waals surface area contributed by atoms with Crippen molar-refractivity contribution in [3.05, 3.63) is 65.2 Å². The molecule has 0 fully saturated rings. The Hall–Kier alpha value is -1.90. The van der Waals surface area contributed by atoms with Crippen LogP contribution in [-0.2, 0) is 0 Å². The quantitative estimate of drug-likeness (QED) is 0.787. The van der Waals surface area contributed by atoms with Crippen molar-refractivity contribution < 1.29 is 13.5 Å². The van der Waals surface area contributed by atoms with Gasteiger partial charge in [-0.05, 0) is 30.7 Å². The van der Waals surface area contributed by atoms with Gasteiger partial charge in [-0.3, -0.25) is 0 Å². The summed E-state index contributed by atoms with van der Waals surface area (Å²) in [7, 11) is 0. The average Bonchev–Trinajstić information content (AvgIpc) is 2.39. The van der Waals surface area contributed by atoms with Crippen molar-refractivity contribution in [1.82, 2.24) is 0 Å². The van der Waals surface area contributed by atoms with Crippen molar-refractivity contribution in [2.24, 2.45) is 0 Å². The molecule has 2 rings (SSSR count). The number of ether oxygens (including phenoxy) is 1. The Labute approximate surface area is 111 Å². The first kappa shape index (κ1) is 13.5. The van der Waals surface area contributed by atoms with Gasteiger partial charge in [0.25, 0.3) is 0 Å². The van der Waals surface area contributed by atoms with Crippen LogP contribution in [0.3, 0.4) is 0 Å². The second kappa shape index (κ2) is 5.83. The van der Waals surface area contributed by atoms with E-state index in [1.807, 2.05) is 13.8 Å². The molecule has 100 valence electrons. The lowest BCUT2D eigenvalue weighted by atomic mass is 9.92. The Balaban J connectivity index is 2.37. The van der Waals surface area contributed by atoms with E-state index in [9.17, 15) is 8.78 Å². The molecule has 0 spiro atoms. The van der Waals surface area contributed by atoms with E-state index in [2.05, 4.69) is 0 Å². The highest BCUT2D eigenvalue weighted by Crippen LogP contribution is 2.32. The minimum atomic E-state index is -0.321. The van der Waals surface area contributed by atoms with E-state index in [4.69, 9.17) is 4.74 Å². The van der Waals surface area contributed by atoms with Crippen LogP contribution in [-0.4, -0.2) is 6.61 Å². The van der Waals surface area contributed by atoms with Gasteiger partial charge in [-0.2, -0.15) is 0 Å². The van der Waals surface area contributed by atoms with Crippen LogP contribution in [0.4, 0.5) is 8.78 Å². The van der Waals surface area contributed by atoms with Gasteiger partial charge in [-0.25, -0.2) is 8.78 Å². The molecule has 1 nitrogen and oxygen atoms in total. The van der Waals surface area contributed by atoms with E-state index in [-0.39, 0.29) is 17.6 Å². The van der Waals surface area contributed by atoms with Gasteiger partial charge < -0.3 is 4.74 Å². The molecular weight excluding hydrogens is 246 g/mol. The largest absolute Gasteiger partial charge is 0.493 e. The Morgan fingerprint density at radius 3 is 2.26 bits per heavy atom. The molecule has 0 heterocycles. The molecule has 3 heteroatoms. The summed E-state index contributed by atoms with van der Waals surface area (Å²) in [6, 6.07) is 10.8.